The molecule has 18 heavy (non-hydrogen) atoms. The van der Waals surface area contributed by atoms with E-state index < -0.39 is 11.9 Å². The predicted octanol–water partition coefficient (Wildman–Crippen LogP) is -0.000800. The van der Waals surface area contributed by atoms with E-state index in [0.29, 0.717) is 19.6 Å². The number of nitrogens with one attached hydrogen (secondary N) is 1. The zero-order valence-corrected chi connectivity index (χ0v) is 9.95. The summed E-state index contributed by atoms with van der Waals surface area (Å²) in [4.78, 5) is 23.6. The third kappa shape index (κ3) is 2.99. The van der Waals surface area contributed by atoms with E-state index in [-0.39, 0.29) is 6.03 Å². The lowest BCUT2D eigenvalue weighted by Crippen LogP contribution is -2.56. The Morgan fingerprint density at radius 1 is 1.44 bits per heavy atom. The minimum absolute atomic E-state index is 0.187. The van der Waals surface area contributed by atoms with E-state index in [1.165, 1.54) is 4.90 Å². The van der Waals surface area contributed by atoms with Crippen LogP contribution < -0.4 is 5.32 Å². The topological polar surface area (TPSA) is 87.5 Å². The van der Waals surface area contributed by atoms with E-state index in [1.807, 2.05) is 12.3 Å². The van der Waals surface area contributed by atoms with E-state index in [9.17, 15) is 9.59 Å². The molecule has 0 radical (unpaired) electrons. The van der Waals surface area contributed by atoms with Gasteiger partial charge in [0.25, 0.3) is 0 Å². The highest BCUT2D eigenvalue weighted by atomic mass is 16.4. The normalized spacial score (nSPS) is 15.2. The smallest absolute Gasteiger partial charge is 0.317 e. The number of aryl methyl sites for hydroxylation is 1. The average molecular weight is 252 g/mol. The van der Waals surface area contributed by atoms with Gasteiger partial charge in [-0.15, -0.1) is 0 Å². The largest absolute Gasteiger partial charge is 0.481 e. The monoisotopic (exact) mass is 252 g/mol. The molecule has 0 bridgehead atoms. The molecule has 98 valence electrons. The molecule has 1 saturated heterocycles. The van der Waals surface area contributed by atoms with Gasteiger partial charge in [-0.1, -0.05) is 0 Å². The van der Waals surface area contributed by atoms with Crippen LogP contribution in [0.2, 0.25) is 0 Å². The highest BCUT2D eigenvalue weighted by molar-refractivity contribution is 5.79. The van der Waals surface area contributed by atoms with Gasteiger partial charge in [0.05, 0.1) is 5.92 Å². The summed E-state index contributed by atoms with van der Waals surface area (Å²) in [5.74, 6) is -1.24. The quantitative estimate of drug-likeness (QED) is 0.722. The van der Waals surface area contributed by atoms with Crippen LogP contribution in [0.1, 0.15) is 6.42 Å². The average Bonchev–Trinajstić information content (AvgIpc) is 2.74. The first-order chi connectivity index (χ1) is 8.66. The Morgan fingerprint density at radius 3 is 2.83 bits per heavy atom. The Balaban J connectivity index is 1.57. The maximum Gasteiger partial charge on any atom is 0.317 e. The van der Waals surface area contributed by atoms with Crippen LogP contribution >= 0.6 is 0 Å². The first-order valence-corrected chi connectivity index (χ1v) is 5.90. The Hall–Kier alpha value is -2.05. The molecule has 0 aromatic carbocycles. The number of carbonyl (C=O) groups is 2. The van der Waals surface area contributed by atoms with Crippen LogP contribution in [0.3, 0.4) is 0 Å². The molecule has 0 unspecified atom stereocenters. The van der Waals surface area contributed by atoms with Gasteiger partial charge in [0, 0.05) is 38.6 Å². The first-order valence-electron chi connectivity index (χ1n) is 5.90. The second kappa shape index (κ2) is 5.52. The van der Waals surface area contributed by atoms with Crippen molar-refractivity contribution in [1.29, 1.82) is 0 Å². The number of likely N-dealkylation sites (tertiary alicyclic amines) is 1. The fourth-order valence-electron chi connectivity index (χ4n) is 1.78. The van der Waals surface area contributed by atoms with E-state index in [0.717, 1.165) is 13.0 Å². The number of aromatic nitrogens is 2. The number of hydrogen-bond donors (Lipinski definition) is 2. The molecule has 0 aliphatic carbocycles. The van der Waals surface area contributed by atoms with E-state index in [4.69, 9.17) is 5.11 Å². The van der Waals surface area contributed by atoms with Crippen molar-refractivity contribution < 1.29 is 14.7 Å². The highest BCUT2D eigenvalue weighted by Gasteiger charge is 2.35. The maximum absolute atomic E-state index is 11.6. The first kappa shape index (κ1) is 12.4. The lowest BCUT2D eigenvalue weighted by Gasteiger charge is -2.36. The zero-order chi connectivity index (χ0) is 13.0. The minimum Gasteiger partial charge on any atom is -0.481 e. The Bertz CT molecular complexity index is 412. The molecular weight excluding hydrogens is 236 g/mol. The van der Waals surface area contributed by atoms with Gasteiger partial charge in [0.1, 0.15) is 0 Å². The Labute approximate surface area is 104 Å². The number of carboxylic acid groups (broad SMARTS) is 1. The number of hydrogen-bond acceptors (Lipinski definition) is 3. The van der Waals surface area contributed by atoms with Crippen molar-refractivity contribution in [1.82, 2.24) is 20.0 Å². The van der Waals surface area contributed by atoms with Gasteiger partial charge >= 0.3 is 12.0 Å². The Morgan fingerprint density at radius 2 is 2.22 bits per heavy atom. The molecule has 7 heteroatoms. The summed E-state index contributed by atoms with van der Waals surface area (Å²) in [6.45, 7) is 1.93. The number of carbonyl (C=O) groups excluding carboxylic acids is 1. The van der Waals surface area contributed by atoms with Gasteiger partial charge in [-0.05, 0) is 12.5 Å². The van der Waals surface area contributed by atoms with Crippen LogP contribution in [0.25, 0.3) is 0 Å². The fourth-order valence-corrected chi connectivity index (χ4v) is 1.78. The summed E-state index contributed by atoms with van der Waals surface area (Å²) in [5.41, 5.74) is 0. The predicted molar refractivity (Wildman–Crippen MR) is 62.9 cm³/mol. The molecule has 1 aliphatic heterocycles. The van der Waals surface area contributed by atoms with Gasteiger partial charge in [0.2, 0.25) is 0 Å². The fraction of sp³-hybridized carbons (Fsp3) is 0.545. The number of carboxylic acids is 1. The van der Waals surface area contributed by atoms with Crippen molar-refractivity contribution in [3.8, 4) is 0 Å². The summed E-state index contributed by atoms with van der Waals surface area (Å²) < 4.78 is 1.80. The molecule has 2 amide bonds. The standard InChI is InChI=1S/C11H16N4O3/c16-10(17)9-7-14(8-9)11(18)12-3-1-5-15-6-2-4-13-15/h2,4,6,9H,1,3,5,7-8H2,(H,12,18)(H,16,17). The third-order valence-corrected chi connectivity index (χ3v) is 2.92. The van der Waals surface area contributed by atoms with Crippen LogP contribution in [0, 0.1) is 5.92 Å². The van der Waals surface area contributed by atoms with E-state index in [1.54, 1.807) is 10.9 Å². The van der Waals surface area contributed by atoms with Crippen molar-refractivity contribution in [2.45, 2.75) is 13.0 Å². The Kier molecular flexibility index (Phi) is 3.81. The molecule has 0 atom stereocenters. The number of urea groups is 1. The molecule has 1 fully saturated rings. The van der Waals surface area contributed by atoms with Crippen molar-refractivity contribution >= 4 is 12.0 Å². The SMILES string of the molecule is O=C(O)C1CN(C(=O)NCCCn2cccn2)C1. The van der Waals surface area contributed by atoms with Gasteiger partial charge in [-0.3, -0.25) is 9.48 Å². The summed E-state index contributed by atoms with van der Waals surface area (Å²) in [6.07, 6.45) is 4.38. The number of nitrogens with zero attached hydrogens (tertiary/aromatic N) is 3. The van der Waals surface area contributed by atoms with Crippen LogP contribution in [-0.2, 0) is 11.3 Å². The molecule has 1 aromatic heterocycles. The molecule has 1 aliphatic rings. The van der Waals surface area contributed by atoms with Crippen molar-refractivity contribution in [3.05, 3.63) is 18.5 Å². The molecule has 0 saturated carbocycles. The maximum atomic E-state index is 11.6. The molecule has 0 spiro atoms. The van der Waals surface area contributed by atoms with Crippen LogP contribution in [0.5, 0.6) is 0 Å². The minimum atomic E-state index is -0.835. The van der Waals surface area contributed by atoms with Gasteiger partial charge < -0.3 is 15.3 Å². The molecule has 7 nitrogen and oxygen atoms in total. The molecule has 2 N–H and O–H groups in total. The van der Waals surface area contributed by atoms with Crippen LogP contribution in [0.15, 0.2) is 18.5 Å². The molecular formula is C11H16N4O3. The van der Waals surface area contributed by atoms with E-state index in [2.05, 4.69) is 10.4 Å². The second-order valence-electron chi connectivity index (χ2n) is 4.29. The second-order valence-corrected chi connectivity index (χ2v) is 4.29. The van der Waals surface area contributed by atoms with Gasteiger partial charge in [-0.25, -0.2) is 4.79 Å². The summed E-state index contributed by atoms with van der Waals surface area (Å²) in [6, 6.07) is 1.66. The number of amides is 2. The van der Waals surface area contributed by atoms with Gasteiger partial charge in [0.15, 0.2) is 0 Å². The van der Waals surface area contributed by atoms with Crippen LogP contribution in [0.4, 0.5) is 4.79 Å². The number of aliphatic carboxylic acids is 1. The summed E-state index contributed by atoms with van der Waals surface area (Å²) in [5, 5.41) is 15.5. The van der Waals surface area contributed by atoms with Crippen LogP contribution in [-0.4, -0.2) is 51.4 Å². The van der Waals surface area contributed by atoms with Crippen molar-refractivity contribution in [2.75, 3.05) is 19.6 Å². The zero-order valence-electron chi connectivity index (χ0n) is 9.95. The van der Waals surface area contributed by atoms with Gasteiger partial charge in [-0.2, -0.15) is 5.10 Å². The van der Waals surface area contributed by atoms with E-state index >= 15 is 0 Å². The lowest BCUT2D eigenvalue weighted by atomic mass is 10.0. The summed E-state index contributed by atoms with van der Waals surface area (Å²) in [7, 11) is 0. The molecule has 1 aromatic rings. The molecule has 2 heterocycles. The summed E-state index contributed by atoms with van der Waals surface area (Å²) >= 11 is 0. The number of rotatable bonds is 5. The lowest BCUT2D eigenvalue weighted by molar-refractivity contribution is -0.146. The third-order valence-electron chi connectivity index (χ3n) is 2.92. The van der Waals surface area contributed by atoms with Crippen molar-refractivity contribution in [2.24, 2.45) is 5.92 Å². The highest BCUT2D eigenvalue weighted by Crippen LogP contribution is 2.14. The van der Waals surface area contributed by atoms with Crippen molar-refractivity contribution in [3.63, 3.8) is 0 Å². The molecule has 2 rings (SSSR count).